The maximum atomic E-state index is 13.6. The number of carbonyl (C=O) groups excluding carboxylic acids is 3. The first-order valence-corrected chi connectivity index (χ1v) is 10.3. The topological polar surface area (TPSA) is 78.5 Å². The van der Waals surface area contributed by atoms with Crippen LogP contribution >= 0.6 is 11.6 Å². The Kier molecular flexibility index (Phi) is 4.71. The van der Waals surface area contributed by atoms with Crippen molar-refractivity contribution >= 4 is 29.4 Å². The molecule has 0 bridgehead atoms. The summed E-state index contributed by atoms with van der Waals surface area (Å²) in [5, 5.41) is 5.58. The summed E-state index contributed by atoms with van der Waals surface area (Å²) < 4.78 is 13.6. The number of nitrogens with one attached hydrogen (secondary N) is 2. The van der Waals surface area contributed by atoms with Crippen LogP contribution in [0.1, 0.15) is 21.5 Å². The zero-order valence-electron chi connectivity index (χ0n) is 16.7. The number of nitrogens with zero attached hydrogens (tertiary/aromatic N) is 1. The van der Waals surface area contributed by atoms with Crippen LogP contribution in [0.2, 0.25) is 5.02 Å². The van der Waals surface area contributed by atoms with Gasteiger partial charge in [-0.3, -0.25) is 14.9 Å². The fourth-order valence-corrected chi connectivity index (χ4v) is 4.45. The number of benzene rings is 3. The van der Waals surface area contributed by atoms with E-state index < -0.39 is 23.3 Å². The van der Waals surface area contributed by atoms with Gasteiger partial charge in [-0.05, 0) is 46.5 Å². The van der Waals surface area contributed by atoms with Crippen LogP contribution in [-0.2, 0) is 16.9 Å². The third-order valence-electron chi connectivity index (χ3n) is 5.86. The summed E-state index contributed by atoms with van der Waals surface area (Å²) in [6, 6.07) is 17.9. The number of fused-ring (bicyclic) bond motifs is 1. The molecule has 5 rings (SSSR count). The molecule has 1 fully saturated rings. The highest BCUT2D eigenvalue weighted by atomic mass is 35.5. The summed E-state index contributed by atoms with van der Waals surface area (Å²) in [5.41, 5.74) is 1.80. The highest BCUT2D eigenvalue weighted by Gasteiger charge is 2.50. The van der Waals surface area contributed by atoms with Crippen molar-refractivity contribution in [2.45, 2.75) is 12.1 Å². The van der Waals surface area contributed by atoms with Gasteiger partial charge in [-0.2, -0.15) is 0 Å². The van der Waals surface area contributed by atoms with Crippen LogP contribution in [0, 0.1) is 5.82 Å². The molecule has 2 aliphatic heterocycles. The molecule has 1 atom stereocenters. The van der Waals surface area contributed by atoms with E-state index in [1.54, 1.807) is 24.3 Å². The van der Waals surface area contributed by atoms with Crippen molar-refractivity contribution in [2.75, 3.05) is 6.54 Å². The molecule has 0 radical (unpaired) electrons. The molecule has 160 valence electrons. The monoisotopic (exact) mass is 449 g/mol. The summed E-state index contributed by atoms with van der Waals surface area (Å²) in [5.74, 6) is -1.44. The van der Waals surface area contributed by atoms with Crippen molar-refractivity contribution in [1.82, 2.24) is 15.5 Å². The number of hydrogen-bond acceptors (Lipinski definition) is 3. The van der Waals surface area contributed by atoms with Gasteiger partial charge in [-0.15, -0.1) is 0 Å². The highest BCUT2D eigenvalue weighted by Crippen LogP contribution is 2.33. The van der Waals surface area contributed by atoms with Gasteiger partial charge in [-0.1, -0.05) is 54.1 Å². The Bertz CT molecular complexity index is 1280. The third-order valence-corrected chi connectivity index (χ3v) is 6.09. The normalized spacial score (nSPS) is 19.7. The Balaban J connectivity index is 1.49. The summed E-state index contributed by atoms with van der Waals surface area (Å²) in [7, 11) is 0. The Morgan fingerprint density at radius 3 is 2.44 bits per heavy atom. The smallest absolute Gasteiger partial charge is 0.322 e. The van der Waals surface area contributed by atoms with Gasteiger partial charge in [0.2, 0.25) is 0 Å². The Morgan fingerprint density at radius 1 is 0.969 bits per heavy atom. The van der Waals surface area contributed by atoms with E-state index >= 15 is 0 Å². The SMILES string of the molecule is O=C1NC(=O)[C@](CN2Cc3ccc(F)cc3C2=O)(c2ccc(-c3cccc(Cl)c3)cc2)N1. The van der Waals surface area contributed by atoms with Crippen LogP contribution in [0.4, 0.5) is 9.18 Å². The molecule has 0 aromatic heterocycles. The summed E-state index contributed by atoms with van der Waals surface area (Å²) in [6.45, 7) is 0.135. The number of imide groups is 1. The first kappa shape index (κ1) is 20.2. The zero-order chi connectivity index (χ0) is 22.5. The van der Waals surface area contributed by atoms with Crippen LogP contribution in [0.5, 0.6) is 0 Å². The molecule has 0 spiro atoms. The van der Waals surface area contributed by atoms with E-state index in [0.717, 1.165) is 11.1 Å². The molecule has 3 aromatic carbocycles. The lowest BCUT2D eigenvalue weighted by molar-refractivity contribution is -0.124. The van der Waals surface area contributed by atoms with E-state index in [4.69, 9.17) is 11.6 Å². The summed E-state index contributed by atoms with van der Waals surface area (Å²) in [4.78, 5) is 39.3. The molecule has 8 heteroatoms. The van der Waals surface area contributed by atoms with Crippen molar-refractivity contribution in [3.05, 3.63) is 94.3 Å². The van der Waals surface area contributed by atoms with Crippen LogP contribution in [0.3, 0.4) is 0 Å². The molecule has 0 saturated carbocycles. The minimum atomic E-state index is -1.46. The molecule has 32 heavy (non-hydrogen) atoms. The van der Waals surface area contributed by atoms with E-state index in [1.807, 2.05) is 30.3 Å². The zero-order valence-corrected chi connectivity index (χ0v) is 17.4. The van der Waals surface area contributed by atoms with Gasteiger partial charge in [0.15, 0.2) is 5.54 Å². The van der Waals surface area contributed by atoms with Crippen molar-refractivity contribution in [2.24, 2.45) is 0 Å². The average Bonchev–Trinajstić information content (AvgIpc) is 3.24. The molecule has 3 aromatic rings. The second-order valence-corrected chi connectivity index (χ2v) is 8.30. The lowest BCUT2D eigenvalue weighted by Gasteiger charge is -2.31. The van der Waals surface area contributed by atoms with E-state index in [1.165, 1.54) is 17.0 Å². The minimum Gasteiger partial charge on any atom is -0.331 e. The Labute approximate surface area is 188 Å². The number of amides is 4. The first-order chi connectivity index (χ1) is 15.4. The molecule has 6 nitrogen and oxygen atoms in total. The third kappa shape index (κ3) is 3.31. The molecule has 0 aliphatic carbocycles. The second-order valence-electron chi connectivity index (χ2n) is 7.86. The van der Waals surface area contributed by atoms with Gasteiger partial charge in [0.25, 0.3) is 11.8 Å². The van der Waals surface area contributed by atoms with Gasteiger partial charge in [0.05, 0.1) is 6.54 Å². The number of urea groups is 1. The quantitative estimate of drug-likeness (QED) is 0.594. The van der Waals surface area contributed by atoms with Gasteiger partial charge < -0.3 is 10.2 Å². The Hall–Kier alpha value is -3.71. The van der Waals surface area contributed by atoms with Crippen molar-refractivity contribution < 1.29 is 18.8 Å². The van der Waals surface area contributed by atoms with Crippen molar-refractivity contribution in [3.8, 4) is 11.1 Å². The fourth-order valence-electron chi connectivity index (χ4n) is 4.26. The molecule has 1 saturated heterocycles. The minimum absolute atomic E-state index is 0.0871. The second kappa shape index (κ2) is 7.46. The van der Waals surface area contributed by atoms with Gasteiger partial charge in [0.1, 0.15) is 5.82 Å². The van der Waals surface area contributed by atoms with E-state index in [2.05, 4.69) is 10.6 Å². The number of carbonyl (C=O) groups is 3. The summed E-state index contributed by atoms with van der Waals surface area (Å²) in [6.07, 6.45) is 0. The molecular weight excluding hydrogens is 433 g/mol. The lowest BCUT2D eigenvalue weighted by Crippen LogP contribution is -2.52. The molecule has 2 aliphatic rings. The molecule has 2 N–H and O–H groups in total. The van der Waals surface area contributed by atoms with Gasteiger partial charge in [0, 0.05) is 17.1 Å². The Morgan fingerprint density at radius 2 is 1.75 bits per heavy atom. The number of halogens is 2. The van der Waals surface area contributed by atoms with E-state index in [9.17, 15) is 18.8 Å². The summed E-state index contributed by atoms with van der Waals surface area (Å²) >= 11 is 6.08. The molecular formula is C24H17ClFN3O3. The number of rotatable bonds is 4. The molecule has 0 unspecified atom stereocenters. The van der Waals surface area contributed by atoms with Crippen LogP contribution in [0.25, 0.3) is 11.1 Å². The predicted molar refractivity (Wildman–Crippen MR) is 116 cm³/mol. The largest absolute Gasteiger partial charge is 0.331 e. The van der Waals surface area contributed by atoms with E-state index in [-0.39, 0.29) is 24.6 Å². The van der Waals surface area contributed by atoms with Crippen LogP contribution in [0.15, 0.2) is 66.7 Å². The van der Waals surface area contributed by atoms with Crippen LogP contribution < -0.4 is 10.6 Å². The molecule has 4 amide bonds. The maximum Gasteiger partial charge on any atom is 0.322 e. The maximum absolute atomic E-state index is 13.6. The highest BCUT2D eigenvalue weighted by molar-refractivity contribution is 6.30. The standard InChI is InChI=1S/C24H17ClFN3O3/c25-18-3-1-2-15(10-18)14-4-7-17(8-5-14)24(22(31)27-23(32)28-24)13-29-12-16-6-9-19(26)11-20(16)21(29)30/h1-11H,12-13H2,(H2,27,28,31,32)/t24-/m0/s1. The van der Waals surface area contributed by atoms with Crippen molar-refractivity contribution in [1.29, 1.82) is 0 Å². The van der Waals surface area contributed by atoms with Crippen molar-refractivity contribution in [3.63, 3.8) is 0 Å². The average molecular weight is 450 g/mol. The van der Waals surface area contributed by atoms with Gasteiger partial charge in [-0.25, -0.2) is 9.18 Å². The first-order valence-electron chi connectivity index (χ1n) is 9.93. The molecule has 2 heterocycles. The fraction of sp³-hybridized carbons (Fsp3) is 0.125. The number of hydrogen-bond donors (Lipinski definition) is 2. The van der Waals surface area contributed by atoms with Gasteiger partial charge >= 0.3 is 6.03 Å². The lowest BCUT2D eigenvalue weighted by atomic mass is 9.88. The van der Waals surface area contributed by atoms with Crippen LogP contribution in [-0.4, -0.2) is 29.3 Å². The predicted octanol–water partition coefficient (Wildman–Crippen LogP) is 3.84. The van der Waals surface area contributed by atoms with E-state index in [0.29, 0.717) is 16.1 Å².